The Balaban J connectivity index is 2.31. The van der Waals surface area contributed by atoms with E-state index in [9.17, 15) is 8.42 Å². The minimum Gasteiger partial charge on any atom is -0.229 e. The van der Waals surface area contributed by atoms with E-state index in [0.29, 0.717) is 0 Å². The van der Waals surface area contributed by atoms with E-state index in [0.717, 1.165) is 11.1 Å². The summed E-state index contributed by atoms with van der Waals surface area (Å²) in [7, 11) is -3.12. The smallest absolute Gasteiger partial charge is 0.152 e. The highest BCUT2D eigenvalue weighted by Gasteiger charge is 2.57. The third-order valence-corrected chi connectivity index (χ3v) is 4.63. The minimum atomic E-state index is -3.12. The van der Waals surface area contributed by atoms with E-state index in [2.05, 4.69) is 6.07 Å². The van der Waals surface area contributed by atoms with Gasteiger partial charge in [0.15, 0.2) is 9.84 Å². The Bertz CT molecular complexity index is 539. The van der Waals surface area contributed by atoms with Gasteiger partial charge in [0.2, 0.25) is 0 Å². The van der Waals surface area contributed by atoms with Crippen LogP contribution >= 0.6 is 0 Å². The van der Waals surface area contributed by atoms with E-state index in [4.69, 9.17) is 5.26 Å². The number of sulfone groups is 1. The van der Waals surface area contributed by atoms with Crippen molar-refractivity contribution in [3.63, 3.8) is 0 Å². The summed E-state index contributed by atoms with van der Waals surface area (Å²) in [4.78, 5) is 0. The lowest BCUT2D eigenvalue weighted by atomic mass is 10.1. The summed E-state index contributed by atoms with van der Waals surface area (Å²) >= 11 is 0. The first kappa shape index (κ1) is 11.2. The Morgan fingerprint density at radius 3 is 2.19 bits per heavy atom. The summed E-state index contributed by atoms with van der Waals surface area (Å²) < 4.78 is 22.9. The molecule has 0 saturated heterocycles. The summed E-state index contributed by atoms with van der Waals surface area (Å²) in [6.07, 6.45) is 1.20. The van der Waals surface area contributed by atoms with Gasteiger partial charge < -0.3 is 0 Å². The summed E-state index contributed by atoms with van der Waals surface area (Å²) in [5, 5.41) is 8.40. The average Bonchev–Trinajstić information content (AvgIpc) is 2.92. The Hall–Kier alpha value is -1.34. The molecule has 84 valence electrons. The van der Waals surface area contributed by atoms with Gasteiger partial charge in [0.25, 0.3) is 0 Å². The molecule has 3 nitrogen and oxygen atoms in total. The highest BCUT2D eigenvalue weighted by molar-refractivity contribution is 7.91. The molecule has 0 radical (unpaired) electrons. The fourth-order valence-corrected chi connectivity index (χ4v) is 3.69. The van der Waals surface area contributed by atoms with E-state index < -0.39 is 15.1 Å². The zero-order valence-corrected chi connectivity index (χ0v) is 10.0. The zero-order chi connectivity index (χ0) is 11.9. The monoisotopic (exact) mass is 235 g/mol. The van der Waals surface area contributed by atoms with Gasteiger partial charge in [-0.3, -0.25) is 0 Å². The second kappa shape index (κ2) is 3.60. The summed E-state index contributed by atoms with van der Waals surface area (Å²) in [6.45, 7) is 1.98. The lowest BCUT2D eigenvalue weighted by Crippen LogP contribution is -2.06. The van der Waals surface area contributed by atoms with Gasteiger partial charge in [-0.1, -0.05) is 29.8 Å². The maximum Gasteiger partial charge on any atom is 0.152 e. The molecule has 1 saturated carbocycles. The third-order valence-electron chi connectivity index (χ3n) is 3.06. The van der Waals surface area contributed by atoms with Crippen molar-refractivity contribution in [3.05, 3.63) is 35.4 Å². The molecule has 1 aliphatic carbocycles. The van der Waals surface area contributed by atoms with Crippen molar-refractivity contribution in [2.24, 2.45) is 5.92 Å². The van der Waals surface area contributed by atoms with E-state index >= 15 is 0 Å². The molecule has 1 aliphatic rings. The van der Waals surface area contributed by atoms with Gasteiger partial charge in [-0.05, 0) is 12.5 Å². The molecule has 1 aromatic rings. The molecule has 2 rings (SSSR count). The highest BCUT2D eigenvalue weighted by Crippen LogP contribution is 2.51. The van der Waals surface area contributed by atoms with Crippen LogP contribution in [0.1, 0.15) is 17.0 Å². The van der Waals surface area contributed by atoms with Gasteiger partial charge in [0.05, 0.1) is 17.2 Å². The molecular weight excluding hydrogens is 222 g/mol. The van der Waals surface area contributed by atoms with Crippen molar-refractivity contribution in [2.45, 2.75) is 18.1 Å². The number of nitrogens with zero attached hydrogens (tertiary/aromatic N) is 1. The molecule has 0 aromatic heterocycles. The van der Waals surface area contributed by atoms with Crippen LogP contribution in [0.2, 0.25) is 0 Å². The molecule has 1 aromatic carbocycles. The molecule has 0 spiro atoms. The number of nitriles is 1. The van der Waals surface area contributed by atoms with Crippen LogP contribution in [-0.2, 0) is 9.84 Å². The molecule has 3 atom stereocenters. The lowest BCUT2D eigenvalue weighted by Gasteiger charge is -1.99. The first-order valence-electron chi connectivity index (χ1n) is 5.10. The summed E-state index contributed by atoms with van der Waals surface area (Å²) in [5.74, 6) is -0.515. The average molecular weight is 235 g/mol. The standard InChI is InChI=1S/C12H13NO2S/c1-8-3-5-9(6-4-8)11-10(7-13)12(11)16(2,14)15/h3-6,10-12H,1-2H3/t10-,11-,12-/m1/s1. The Morgan fingerprint density at radius 2 is 1.81 bits per heavy atom. The second-order valence-corrected chi connectivity index (χ2v) is 6.59. The molecule has 0 unspecified atom stereocenters. The van der Waals surface area contributed by atoms with Crippen molar-refractivity contribution in [1.82, 2.24) is 0 Å². The zero-order valence-electron chi connectivity index (χ0n) is 9.21. The van der Waals surface area contributed by atoms with Crippen LogP contribution in [-0.4, -0.2) is 19.9 Å². The number of aryl methyl sites for hydroxylation is 1. The number of benzene rings is 1. The van der Waals surface area contributed by atoms with Gasteiger partial charge in [-0.2, -0.15) is 5.26 Å². The summed E-state index contributed by atoms with van der Waals surface area (Å²) in [5.41, 5.74) is 2.08. The Kier molecular flexibility index (Phi) is 2.51. The molecule has 0 N–H and O–H groups in total. The second-order valence-electron chi connectivity index (χ2n) is 4.39. The van der Waals surface area contributed by atoms with Crippen LogP contribution < -0.4 is 0 Å². The van der Waals surface area contributed by atoms with Crippen LogP contribution in [0.5, 0.6) is 0 Å². The van der Waals surface area contributed by atoms with E-state index in [-0.39, 0.29) is 11.8 Å². The molecule has 0 amide bonds. The first-order chi connectivity index (χ1) is 7.45. The topological polar surface area (TPSA) is 57.9 Å². The van der Waals surface area contributed by atoms with Crippen molar-refractivity contribution in [1.29, 1.82) is 5.26 Å². The fourth-order valence-electron chi connectivity index (χ4n) is 2.16. The van der Waals surface area contributed by atoms with E-state index in [1.807, 2.05) is 31.2 Å². The predicted octanol–water partition coefficient (Wildman–Crippen LogP) is 1.65. The molecule has 1 fully saturated rings. The van der Waals surface area contributed by atoms with Crippen molar-refractivity contribution in [3.8, 4) is 6.07 Å². The SMILES string of the molecule is Cc1ccc([C@@H]2[C@@H](C#N)[C@H]2S(C)(=O)=O)cc1. The molecule has 4 heteroatoms. The maximum atomic E-state index is 11.5. The maximum absolute atomic E-state index is 11.5. The van der Waals surface area contributed by atoms with Crippen LogP contribution in [0.15, 0.2) is 24.3 Å². The van der Waals surface area contributed by atoms with E-state index in [1.165, 1.54) is 6.26 Å². The number of hydrogen-bond acceptors (Lipinski definition) is 3. The number of hydrogen-bond donors (Lipinski definition) is 0. The van der Waals surface area contributed by atoms with E-state index in [1.54, 1.807) is 0 Å². The van der Waals surface area contributed by atoms with Crippen LogP contribution in [0, 0.1) is 24.2 Å². The molecule has 16 heavy (non-hydrogen) atoms. The molecule has 0 heterocycles. The molecule has 0 bridgehead atoms. The Labute approximate surface area is 95.6 Å². The van der Waals surface area contributed by atoms with Crippen LogP contribution in [0.3, 0.4) is 0 Å². The molecular formula is C12H13NO2S. The van der Waals surface area contributed by atoms with Gasteiger partial charge in [0, 0.05) is 12.2 Å². The van der Waals surface area contributed by atoms with Gasteiger partial charge in [0.1, 0.15) is 0 Å². The predicted molar refractivity (Wildman–Crippen MR) is 61.7 cm³/mol. The van der Waals surface area contributed by atoms with Crippen molar-refractivity contribution >= 4 is 9.84 Å². The van der Waals surface area contributed by atoms with Crippen molar-refractivity contribution in [2.75, 3.05) is 6.26 Å². The van der Waals surface area contributed by atoms with Gasteiger partial charge in [-0.15, -0.1) is 0 Å². The quantitative estimate of drug-likeness (QED) is 0.783. The van der Waals surface area contributed by atoms with Crippen LogP contribution in [0.4, 0.5) is 0 Å². The normalized spacial score (nSPS) is 28.4. The third kappa shape index (κ3) is 1.83. The van der Waals surface area contributed by atoms with Crippen LogP contribution in [0.25, 0.3) is 0 Å². The minimum absolute atomic E-state index is 0.138. The van der Waals surface area contributed by atoms with Gasteiger partial charge in [-0.25, -0.2) is 8.42 Å². The Morgan fingerprint density at radius 1 is 1.25 bits per heavy atom. The lowest BCUT2D eigenvalue weighted by molar-refractivity contribution is 0.599. The largest absolute Gasteiger partial charge is 0.229 e. The van der Waals surface area contributed by atoms with Crippen molar-refractivity contribution < 1.29 is 8.42 Å². The first-order valence-corrected chi connectivity index (χ1v) is 7.05. The number of rotatable bonds is 2. The molecule has 0 aliphatic heterocycles. The van der Waals surface area contributed by atoms with Gasteiger partial charge >= 0.3 is 0 Å². The fraction of sp³-hybridized carbons (Fsp3) is 0.417. The highest BCUT2D eigenvalue weighted by atomic mass is 32.2. The summed E-state index contributed by atoms with van der Waals surface area (Å²) in [6, 6.07) is 9.80.